The van der Waals surface area contributed by atoms with Crippen molar-refractivity contribution in [3.8, 4) is 5.75 Å². The Balaban J connectivity index is 1.54. The highest BCUT2D eigenvalue weighted by Gasteiger charge is 2.23. The molecule has 1 aliphatic rings. The molecule has 0 aliphatic heterocycles. The summed E-state index contributed by atoms with van der Waals surface area (Å²) in [5.41, 5.74) is 2.10. The second-order valence-electron chi connectivity index (χ2n) is 6.11. The van der Waals surface area contributed by atoms with Gasteiger partial charge >= 0.3 is 0 Å². The highest BCUT2D eigenvalue weighted by molar-refractivity contribution is 5.97. The van der Waals surface area contributed by atoms with Gasteiger partial charge in [-0.3, -0.25) is 9.59 Å². The molecule has 0 fully saturated rings. The SMILES string of the molecule is COc1cccc2cc(C(=O)N[C@H]3CCc4n[nH]c(=O)cc4C3)oc12. The number of nitrogens with one attached hydrogen (secondary N) is 2. The maximum atomic E-state index is 12.5. The third-order valence-electron chi connectivity index (χ3n) is 4.46. The van der Waals surface area contributed by atoms with Crippen molar-refractivity contribution in [3.63, 3.8) is 0 Å². The van der Waals surface area contributed by atoms with Gasteiger partial charge in [-0.2, -0.15) is 5.10 Å². The molecule has 7 nitrogen and oxygen atoms in total. The number of ether oxygens (including phenoxy) is 1. The van der Waals surface area contributed by atoms with Gasteiger partial charge in [0.25, 0.3) is 11.5 Å². The van der Waals surface area contributed by atoms with Crippen LogP contribution < -0.4 is 15.6 Å². The van der Waals surface area contributed by atoms with Gasteiger partial charge in [-0.1, -0.05) is 12.1 Å². The zero-order valence-corrected chi connectivity index (χ0v) is 13.7. The molecule has 1 aliphatic carbocycles. The van der Waals surface area contributed by atoms with Crippen LogP contribution in [0.25, 0.3) is 11.0 Å². The Hall–Kier alpha value is -3.09. The topological polar surface area (TPSA) is 97.2 Å². The highest BCUT2D eigenvalue weighted by atomic mass is 16.5. The van der Waals surface area contributed by atoms with Gasteiger partial charge in [0.1, 0.15) is 0 Å². The van der Waals surface area contributed by atoms with Crippen LogP contribution in [0.4, 0.5) is 0 Å². The van der Waals surface area contributed by atoms with E-state index in [0.29, 0.717) is 24.2 Å². The van der Waals surface area contributed by atoms with Crippen molar-refractivity contribution in [2.75, 3.05) is 7.11 Å². The molecule has 2 aromatic heterocycles. The van der Waals surface area contributed by atoms with E-state index in [9.17, 15) is 9.59 Å². The second-order valence-corrected chi connectivity index (χ2v) is 6.11. The first kappa shape index (κ1) is 15.4. The minimum atomic E-state index is -0.274. The number of carbonyl (C=O) groups excluding carboxylic acids is 1. The fourth-order valence-electron chi connectivity index (χ4n) is 3.23. The van der Waals surface area contributed by atoms with Crippen LogP contribution in [0.3, 0.4) is 0 Å². The highest BCUT2D eigenvalue weighted by Crippen LogP contribution is 2.28. The molecule has 0 spiro atoms. The van der Waals surface area contributed by atoms with Crippen LogP contribution in [0.5, 0.6) is 5.75 Å². The molecule has 0 unspecified atom stereocenters. The molecule has 7 heteroatoms. The molecule has 0 bridgehead atoms. The van der Waals surface area contributed by atoms with Crippen LogP contribution >= 0.6 is 0 Å². The van der Waals surface area contributed by atoms with Crippen LogP contribution in [-0.2, 0) is 12.8 Å². The van der Waals surface area contributed by atoms with Gasteiger partial charge in [-0.25, -0.2) is 5.10 Å². The number of aromatic nitrogens is 2. The molecule has 0 saturated carbocycles. The molecule has 4 rings (SSSR count). The Labute approximate surface area is 143 Å². The molecule has 25 heavy (non-hydrogen) atoms. The summed E-state index contributed by atoms with van der Waals surface area (Å²) in [4.78, 5) is 24.0. The summed E-state index contributed by atoms with van der Waals surface area (Å²) in [5, 5.41) is 10.3. The average Bonchev–Trinajstić information content (AvgIpc) is 3.05. The van der Waals surface area contributed by atoms with Gasteiger partial charge < -0.3 is 14.5 Å². The van der Waals surface area contributed by atoms with Gasteiger partial charge in [-0.05, 0) is 37.0 Å². The lowest BCUT2D eigenvalue weighted by molar-refractivity contribution is 0.0907. The number of methoxy groups -OCH3 is 1. The van der Waals surface area contributed by atoms with Crippen molar-refractivity contribution in [3.05, 3.63) is 57.7 Å². The molecular formula is C18H17N3O4. The number of amides is 1. The molecule has 2 heterocycles. The van der Waals surface area contributed by atoms with Crippen LogP contribution in [0, 0.1) is 0 Å². The van der Waals surface area contributed by atoms with Crippen molar-refractivity contribution in [2.45, 2.75) is 25.3 Å². The van der Waals surface area contributed by atoms with E-state index in [0.717, 1.165) is 23.1 Å². The van der Waals surface area contributed by atoms with Crippen LogP contribution in [0.1, 0.15) is 28.2 Å². The Kier molecular flexibility index (Phi) is 3.76. The second kappa shape index (κ2) is 6.08. The number of H-pyrrole nitrogens is 1. The number of hydrogen-bond acceptors (Lipinski definition) is 5. The first-order valence-corrected chi connectivity index (χ1v) is 8.09. The van der Waals surface area contributed by atoms with E-state index in [-0.39, 0.29) is 23.3 Å². The lowest BCUT2D eigenvalue weighted by Gasteiger charge is -2.23. The minimum Gasteiger partial charge on any atom is -0.493 e. The summed E-state index contributed by atoms with van der Waals surface area (Å²) in [5.74, 6) is 0.562. The minimum absolute atomic E-state index is 0.0568. The molecule has 1 amide bonds. The lowest BCUT2D eigenvalue weighted by Crippen LogP contribution is -2.39. The number of benzene rings is 1. The van der Waals surface area contributed by atoms with Crippen molar-refractivity contribution in [2.24, 2.45) is 0 Å². The normalized spacial score (nSPS) is 16.4. The van der Waals surface area contributed by atoms with E-state index < -0.39 is 0 Å². The van der Waals surface area contributed by atoms with Crippen molar-refractivity contribution >= 4 is 16.9 Å². The van der Waals surface area contributed by atoms with E-state index >= 15 is 0 Å². The third-order valence-corrected chi connectivity index (χ3v) is 4.46. The number of nitrogens with zero attached hydrogens (tertiary/aromatic N) is 1. The Morgan fingerprint density at radius 2 is 2.28 bits per heavy atom. The Bertz CT molecular complexity index is 1000. The van der Waals surface area contributed by atoms with Gasteiger partial charge in [0.15, 0.2) is 17.1 Å². The summed E-state index contributed by atoms with van der Waals surface area (Å²) in [6.07, 6.45) is 2.06. The van der Waals surface area contributed by atoms with Crippen molar-refractivity contribution < 1.29 is 13.9 Å². The summed E-state index contributed by atoms with van der Waals surface area (Å²) in [7, 11) is 1.56. The van der Waals surface area contributed by atoms with Crippen LogP contribution in [-0.4, -0.2) is 29.3 Å². The predicted octanol–water partition coefficient (Wildman–Crippen LogP) is 1.81. The molecule has 128 valence electrons. The van der Waals surface area contributed by atoms with Gasteiger partial charge in [0.2, 0.25) is 0 Å². The number of furan rings is 1. The number of rotatable bonds is 3. The number of fused-ring (bicyclic) bond motifs is 2. The molecular weight excluding hydrogens is 322 g/mol. The molecule has 0 radical (unpaired) electrons. The predicted molar refractivity (Wildman–Crippen MR) is 90.9 cm³/mol. The zero-order valence-electron chi connectivity index (χ0n) is 13.7. The largest absolute Gasteiger partial charge is 0.493 e. The summed E-state index contributed by atoms with van der Waals surface area (Å²) in [6.45, 7) is 0. The fourth-order valence-corrected chi connectivity index (χ4v) is 3.23. The number of aryl methyl sites for hydroxylation is 1. The molecule has 1 atom stereocenters. The molecule has 3 aromatic rings. The van der Waals surface area contributed by atoms with E-state index in [1.807, 2.05) is 12.1 Å². The standard InChI is InChI=1S/C18H17N3O4/c1-24-14-4-2-3-10-8-15(25-17(10)14)18(23)19-12-5-6-13-11(7-12)9-16(22)21-20-13/h2-4,8-9,12H,5-7H2,1H3,(H,19,23)(H,21,22)/t12-/m0/s1. The maximum absolute atomic E-state index is 12.5. The van der Waals surface area contributed by atoms with Gasteiger partial charge in [0, 0.05) is 17.5 Å². The van der Waals surface area contributed by atoms with Crippen molar-refractivity contribution in [1.29, 1.82) is 0 Å². The quantitative estimate of drug-likeness (QED) is 0.758. The molecule has 1 aromatic carbocycles. The number of carbonyl (C=O) groups is 1. The summed E-state index contributed by atoms with van der Waals surface area (Å²) >= 11 is 0. The van der Waals surface area contributed by atoms with Crippen molar-refractivity contribution in [1.82, 2.24) is 15.5 Å². The first-order chi connectivity index (χ1) is 12.1. The Morgan fingerprint density at radius 3 is 3.12 bits per heavy atom. The number of para-hydroxylation sites is 1. The van der Waals surface area contributed by atoms with E-state index in [1.54, 1.807) is 25.3 Å². The maximum Gasteiger partial charge on any atom is 0.287 e. The summed E-state index contributed by atoms with van der Waals surface area (Å²) in [6, 6.07) is 8.70. The monoisotopic (exact) mass is 339 g/mol. The Morgan fingerprint density at radius 1 is 1.40 bits per heavy atom. The lowest BCUT2D eigenvalue weighted by atomic mass is 9.92. The fraction of sp³-hybridized carbons (Fsp3) is 0.278. The molecule has 0 saturated heterocycles. The van der Waals surface area contributed by atoms with Gasteiger partial charge in [0.05, 0.1) is 12.8 Å². The van der Waals surface area contributed by atoms with Crippen LogP contribution in [0.2, 0.25) is 0 Å². The average molecular weight is 339 g/mol. The van der Waals surface area contributed by atoms with Crippen LogP contribution in [0.15, 0.2) is 39.5 Å². The summed E-state index contributed by atoms with van der Waals surface area (Å²) < 4.78 is 10.9. The zero-order chi connectivity index (χ0) is 17.4. The third kappa shape index (κ3) is 2.88. The van der Waals surface area contributed by atoms with E-state index in [4.69, 9.17) is 9.15 Å². The molecule has 2 N–H and O–H groups in total. The van der Waals surface area contributed by atoms with Gasteiger partial charge in [-0.15, -0.1) is 0 Å². The first-order valence-electron chi connectivity index (χ1n) is 8.09. The number of aromatic amines is 1. The van der Waals surface area contributed by atoms with E-state index in [2.05, 4.69) is 15.5 Å². The smallest absolute Gasteiger partial charge is 0.287 e. The number of hydrogen-bond donors (Lipinski definition) is 2. The van der Waals surface area contributed by atoms with E-state index in [1.165, 1.54) is 0 Å².